The van der Waals surface area contributed by atoms with Gasteiger partial charge in [0.05, 0.1) is 11.7 Å². The van der Waals surface area contributed by atoms with Crippen LogP contribution in [-0.4, -0.2) is 11.2 Å². The molecule has 1 atom stereocenters. The van der Waals surface area contributed by atoms with E-state index in [0.29, 0.717) is 6.10 Å². The first-order chi connectivity index (χ1) is 9.01. The zero-order valence-corrected chi connectivity index (χ0v) is 12.0. The van der Waals surface area contributed by atoms with Crippen molar-refractivity contribution in [3.05, 3.63) is 29.8 Å². The van der Waals surface area contributed by atoms with Gasteiger partial charge in [0.15, 0.2) is 0 Å². The Labute approximate surface area is 115 Å². The topological polar surface area (TPSA) is 29.5 Å². The lowest BCUT2D eigenvalue weighted by Gasteiger charge is -2.47. The minimum absolute atomic E-state index is 0.0660. The molecule has 0 spiro atoms. The summed E-state index contributed by atoms with van der Waals surface area (Å²) < 4.78 is 5.86. The Hall–Kier alpha value is -1.02. The molecule has 0 aliphatic heterocycles. The summed E-state index contributed by atoms with van der Waals surface area (Å²) in [7, 11) is 0. The zero-order valence-electron chi connectivity index (χ0n) is 12.0. The summed E-state index contributed by atoms with van der Waals surface area (Å²) in [5.74, 6) is 0.912. The lowest BCUT2D eigenvalue weighted by Crippen LogP contribution is -2.44. The minimum Gasteiger partial charge on any atom is -0.490 e. The summed E-state index contributed by atoms with van der Waals surface area (Å²) in [6.45, 7) is 4.36. The van der Waals surface area contributed by atoms with E-state index >= 15 is 0 Å². The van der Waals surface area contributed by atoms with E-state index in [1.165, 1.54) is 19.3 Å². The summed E-state index contributed by atoms with van der Waals surface area (Å²) in [6.07, 6.45) is 7.00. The van der Waals surface area contributed by atoms with Crippen LogP contribution in [0.2, 0.25) is 0 Å². The quantitative estimate of drug-likeness (QED) is 0.889. The summed E-state index contributed by atoms with van der Waals surface area (Å²) >= 11 is 0. The first-order valence-corrected chi connectivity index (χ1v) is 7.51. The second-order valence-electron chi connectivity index (χ2n) is 6.80. The molecule has 0 bridgehead atoms. The molecule has 2 heteroatoms. The molecule has 3 rings (SSSR count). The van der Waals surface area contributed by atoms with E-state index in [9.17, 15) is 5.11 Å². The zero-order chi connectivity index (χ0) is 13.5. The number of aliphatic hydroxyl groups is 1. The fraction of sp³-hybridized carbons (Fsp3) is 0.647. The standard InChI is InChI=1S/C17H24O2/c1-16(2)10-3-4-11-17(16,18)13-6-5-7-15(12-13)19-14-8-9-14/h5-7,12,14,18H,3-4,8-11H2,1-2H3. The molecule has 2 saturated carbocycles. The molecule has 0 amide bonds. The lowest BCUT2D eigenvalue weighted by atomic mass is 9.62. The van der Waals surface area contributed by atoms with Gasteiger partial charge in [-0.25, -0.2) is 0 Å². The molecule has 0 radical (unpaired) electrons. The van der Waals surface area contributed by atoms with Gasteiger partial charge in [-0.2, -0.15) is 0 Å². The average molecular weight is 260 g/mol. The maximum Gasteiger partial charge on any atom is 0.120 e. The lowest BCUT2D eigenvalue weighted by molar-refractivity contribution is -0.104. The molecule has 2 nitrogen and oxygen atoms in total. The predicted molar refractivity (Wildman–Crippen MR) is 76.2 cm³/mol. The summed E-state index contributed by atoms with van der Waals surface area (Å²) in [4.78, 5) is 0. The van der Waals surface area contributed by atoms with E-state index < -0.39 is 5.60 Å². The van der Waals surface area contributed by atoms with E-state index in [1.807, 2.05) is 24.3 Å². The molecule has 1 unspecified atom stereocenters. The van der Waals surface area contributed by atoms with Gasteiger partial charge in [0.1, 0.15) is 5.75 Å². The Morgan fingerprint density at radius 2 is 1.89 bits per heavy atom. The van der Waals surface area contributed by atoms with Crippen LogP contribution < -0.4 is 4.74 Å². The van der Waals surface area contributed by atoms with Crippen LogP contribution in [0.4, 0.5) is 0 Å². The van der Waals surface area contributed by atoms with Crippen molar-refractivity contribution in [2.45, 2.75) is 64.1 Å². The molecule has 1 N–H and O–H groups in total. The van der Waals surface area contributed by atoms with Crippen molar-refractivity contribution in [2.24, 2.45) is 5.41 Å². The van der Waals surface area contributed by atoms with Crippen LogP contribution in [0, 0.1) is 5.41 Å². The van der Waals surface area contributed by atoms with Gasteiger partial charge in [-0.3, -0.25) is 0 Å². The monoisotopic (exact) mass is 260 g/mol. The smallest absolute Gasteiger partial charge is 0.120 e. The summed E-state index contributed by atoms with van der Waals surface area (Å²) in [6, 6.07) is 8.11. The SMILES string of the molecule is CC1(C)CCCCC1(O)c1cccc(OC2CC2)c1. The summed E-state index contributed by atoms with van der Waals surface area (Å²) in [5, 5.41) is 11.2. The summed E-state index contributed by atoms with van der Waals surface area (Å²) in [5.41, 5.74) is 0.243. The van der Waals surface area contributed by atoms with Gasteiger partial charge in [0.25, 0.3) is 0 Å². The highest BCUT2D eigenvalue weighted by Gasteiger charge is 2.46. The van der Waals surface area contributed by atoms with Crippen molar-refractivity contribution in [1.82, 2.24) is 0 Å². The third-order valence-corrected chi connectivity index (χ3v) is 4.85. The van der Waals surface area contributed by atoms with Crippen LogP contribution in [0.25, 0.3) is 0 Å². The molecule has 1 aromatic rings. The van der Waals surface area contributed by atoms with Gasteiger partial charge >= 0.3 is 0 Å². The minimum atomic E-state index is -0.714. The molecule has 2 fully saturated rings. The van der Waals surface area contributed by atoms with Crippen molar-refractivity contribution in [1.29, 1.82) is 0 Å². The van der Waals surface area contributed by atoms with E-state index in [2.05, 4.69) is 13.8 Å². The van der Waals surface area contributed by atoms with Gasteiger partial charge in [0, 0.05) is 0 Å². The number of benzene rings is 1. The number of hydrogen-bond donors (Lipinski definition) is 1. The number of rotatable bonds is 3. The third kappa shape index (κ3) is 2.38. The fourth-order valence-corrected chi connectivity index (χ4v) is 3.23. The largest absolute Gasteiger partial charge is 0.490 e. The molecule has 104 valence electrons. The van der Waals surface area contributed by atoms with Gasteiger partial charge in [0.2, 0.25) is 0 Å². The Kier molecular flexibility index (Phi) is 3.09. The van der Waals surface area contributed by atoms with Gasteiger partial charge in [-0.05, 0) is 48.8 Å². The van der Waals surface area contributed by atoms with Crippen molar-refractivity contribution in [2.75, 3.05) is 0 Å². The van der Waals surface area contributed by atoms with Crippen LogP contribution in [0.15, 0.2) is 24.3 Å². The van der Waals surface area contributed by atoms with Crippen molar-refractivity contribution in [3.63, 3.8) is 0 Å². The normalized spacial score (nSPS) is 30.1. The van der Waals surface area contributed by atoms with Crippen LogP contribution in [0.3, 0.4) is 0 Å². The number of ether oxygens (including phenoxy) is 1. The van der Waals surface area contributed by atoms with E-state index in [0.717, 1.165) is 30.6 Å². The third-order valence-electron chi connectivity index (χ3n) is 4.85. The highest BCUT2D eigenvalue weighted by Crippen LogP contribution is 2.50. The molecule has 0 aromatic heterocycles. The maximum absolute atomic E-state index is 11.2. The first-order valence-electron chi connectivity index (χ1n) is 7.51. The van der Waals surface area contributed by atoms with Crippen molar-refractivity contribution >= 4 is 0 Å². The van der Waals surface area contributed by atoms with Crippen LogP contribution in [-0.2, 0) is 5.60 Å². The van der Waals surface area contributed by atoms with Gasteiger partial charge in [-0.1, -0.05) is 38.8 Å². The van der Waals surface area contributed by atoms with Gasteiger partial charge < -0.3 is 9.84 Å². The Bertz CT molecular complexity index is 462. The second-order valence-corrected chi connectivity index (χ2v) is 6.80. The van der Waals surface area contributed by atoms with Gasteiger partial charge in [-0.15, -0.1) is 0 Å². The average Bonchev–Trinajstić information content (AvgIpc) is 3.17. The molecule has 2 aliphatic carbocycles. The molecule has 19 heavy (non-hydrogen) atoms. The highest BCUT2D eigenvalue weighted by molar-refractivity contribution is 5.34. The molecule has 0 heterocycles. The van der Waals surface area contributed by atoms with Crippen LogP contribution >= 0.6 is 0 Å². The first kappa shape index (κ1) is 13.0. The van der Waals surface area contributed by atoms with Crippen molar-refractivity contribution < 1.29 is 9.84 Å². The fourth-order valence-electron chi connectivity index (χ4n) is 3.23. The van der Waals surface area contributed by atoms with E-state index in [-0.39, 0.29) is 5.41 Å². The highest BCUT2D eigenvalue weighted by atomic mass is 16.5. The van der Waals surface area contributed by atoms with E-state index in [1.54, 1.807) is 0 Å². The molecule has 1 aromatic carbocycles. The van der Waals surface area contributed by atoms with Crippen LogP contribution in [0.5, 0.6) is 5.75 Å². The predicted octanol–water partition coefficient (Wildman–Crippen LogP) is 4.02. The Morgan fingerprint density at radius 3 is 2.58 bits per heavy atom. The van der Waals surface area contributed by atoms with Crippen LogP contribution in [0.1, 0.15) is 57.9 Å². The maximum atomic E-state index is 11.2. The Morgan fingerprint density at radius 1 is 1.16 bits per heavy atom. The molecular formula is C17H24O2. The Balaban J connectivity index is 1.90. The number of hydrogen-bond acceptors (Lipinski definition) is 2. The molecular weight excluding hydrogens is 236 g/mol. The van der Waals surface area contributed by atoms with Crippen molar-refractivity contribution in [3.8, 4) is 5.75 Å². The van der Waals surface area contributed by atoms with E-state index in [4.69, 9.17) is 4.74 Å². The second kappa shape index (κ2) is 4.52. The molecule has 2 aliphatic rings. The molecule has 0 saturated heterocycles.